The van der Waals surface area contributed by atoms with E-state index in [-0.39, 0.29) is 12.3 Å². The van der Waals surface area contributed by atoms with Crippen molar-refractivity contribution in [3.63, 3.8) is 0 Å². The van der Waals surface area contributed by atoms with Crippen LogP contribution in [0.25, 0.3) is 11.0 Å². The molecular formula is C10H9NO3. The minimum absolute atomic E-state index is 0.0646. The van der Waals surface area contributed by atoms with Crippen molar-refractivity contribution in [1.29, 1.82) is 0 Å². The summed E-state index contributed by atoms with van der Waals surface area (Å²) >= 11 is 0. The van der Waals surface area contributed by atoms with Gasteiger partial charge in [-0.25, -0.2) is 4.79 Å². The Hall–Kier alpha value is -1.81. The van der Waals surface area contributed by atoms with Gasteiger partial charge in [0.05, 0.1) is 0 Å². The maximum Gasteiger partial charge on any atom is 0.336 e. The lowest BCUT2D eigenvalue weighted by Gasteiger charge is -2.02. The van der Waals surface area contributed by atoms with Crippen LogP contribution in [-0.4, -0.2) is 5.11 Å². The van der Waals surface area contributed by atoms with Crippen LogP contribution in [-0.2, 0) is 6.54 Å². The van der Waals surface area contributed by atoms with E-state index in [4.69, 9.17) is 10.2 Å². The highest BCUT2D eigenvalue weighted by Crippen LogP contribution is 2.21. The average molecular weight is 191 g/mol. The molecule has 0 bridgehead atoms. The standard InChI is InChI=1S/C10H9NO3/c11-5-6-3-10(13)14-9-4-7(12)1-2-8(6)9/h1-4,12H,5,11H2. The second kappa shape index (κ2) is 3.16. The molecule has 1 aromatic carbocycles. The summed E-state index contributed by atoms with van der Waals surface area (Å²) in [4.78, 5) is 11.1. The lowest BCUT2D eigenvalue weighted by atomic mass is 10.1. The molecule has 4 nitrogen and oxygen atoms in total. The smallest absolute Gasteiger partial charge is 0.336 e. The first-order valence-electron chi connectivity index (χ1n) is 4.16. The fraction of sp³-hybridized carbons (Fsp3) is 0.100. The van der Waals surface area contributed by atoms with Crippen LogP contribution in [0.1, 0.15) is 5.56 Å². The van der Waals surface area contributed by atoms with Gasteiger partial charge in [0.2, 0.25) is 0 Å². The second-order valence-corrected chi connectivity index (χ2v) is 2.98. The van der Waals surface area contributed by atoms with Crippen molar-refractivity contribution in [2.45, 2.75) is 6.54 Å². The summed E-state index contributed by atoms with van der Waals surface area (Å²) in [6.45, 7) is 0.271. The quantitative estimate of drug-likeness (QED) is 0.658. The number of hydrogen-bond donors (Lipinski definition) is 2. The Kier molecular flexibility index (Phi) is 1.98. The van der Waals surface area contributed by atoms with E-state index in [9.17, 15) is 9.90 Å². The number of phenols is 1. The van der Waals surface area contributed by atoms with E-state index in [0.717, 1.165) is 10.9 Å². The summed E-state index contributed by atoms with van der Waals surface area (Å²) in [7, 11) is 0. The van der Waals surface area contributed by atoms with E-state index in [1.54, 1.807) is 6.07 Å². The largest absolute Gasteiger partial charge is 0.508 e. The predicted octanol–water partition coefficient (Wildman–Crippen LogP) is 0.957. The van der Waals surface area contributed by atoms with Crippen molar-refractivity contribution in [3.05, 3.63) is 40.2 Å². The Balaban J connectivity index is 2.87. The van der Waals surface area contributed by atoms with E-state index in [1.165, 1.54) is 18.2 Å². The molecule has 0 amide bonds. The number of rotatable bonds is 1. The topological polar surface area (TPSA) is 76.5 Å². The number of aromatic hydroxyl groups is 1. The van der Waals surface area contributed by atoms with Crippen LogP contribution in [0.15, 0.2) is 33.5 Å². The van der Waals surface area contributed by atoms with Crippen molar-refractivity contribution in [2.24, 2.45) is 5.73 Å². The molecule has 72 valence electrons. The zero-order valence-corrected chi connectivity index (χ0v) is 7.36. The van der Waals surface area contributed by atoms with Crippen molar-refractivity contribution in [1.82, 2.24) is 0 Å². The van der Waals surface area contributed by atoms with Gasteiger partial charge in [0.1, 0.15) is 11.3 Å². The van der Waals surface area contributed by atoms with Gasteiger partial charge in [0, 0.05) is 24.1 Å². The highest BCUT2D eigenvalue weighted by molar-refractivity contribution is 5.81. The van der Waals surface area contributed by atoms with Gasteiger partial charge >= 0.3 is 5.63 Å². The average Bonchev–Trinajstić information content (AvgIpc) is 2.15. The van der Waals surface area contributed by atoms with Gasteiger partial charge in [-0.05, 0) is 17.7 Å². The number of fused-ring (bicyclic) bond motifs is 1. The Labute approximate surface area is 79.6 Å². The number of nitrogens with two attached hydrogens (primary N) is 1. The molecule has 4 heteroatoms. The lowest BCUT2D eigenvalue weighted by Crippen LogP contribution is -2.04. The minimum Gasteiger partial charge on any atom is -0.508 e. The summed E-state index contributed by atoms with van der Waals surface area (Å²) in [6, 6.07) is 5.96. The molecule has 0 spiro atoms. The number of hydrogen-bond acceptors (Lipinski definition) is 4. The van der Waals surface area contributed by atoms with E-state index in [1.807, 2.05) is 0 Å². The van der Waals surface area contributed by atoms with Crippen LogP contribution in [0.3, 0.4) is 0 Å². The number of phenolic OH excluding ortho intramolecular Hbond substituents is 1. The molecule has 1 heterocycles. The third-order valence-electron chi connectivity index (χ3n) is 2.03. The summed E-state index contributed by atoms with van der Waals surface area (Å²) < 4.78 is 4.91. The van der Waals surface area contributed by atoms with Crippen LogP contribution in [0.2, 0.25) is 0 Å². The molecule has 0 aliphatic rings. The fourth-order valence-electron chi connectivity index (χ4n) is 1.39. The van der Waals surface area contributed by atoms with Gasteiger partial charge in [-0.3, -0.25) is 0 Å². The monoisotopic (exact) mass is 191 g/mol. The third-order valence-corrected chi connectivity index (χ3v) is 2.03. The van der Waals surface area contributed by atoms with Crippen LogP contribution in [0.5, 0.6) is 5.75 Å². The molecule has 0 atom stereocenters. The maximum absolute atomic E-state index is 11.1. The first kappa shape index (κ1) is 8.77. The summed E-state index contributed by atoms with van der Waals surface area (Å²) in [5, 5.41) is 9.95. The minimum atomic E-state index is -0.455. The second-order valence-electron chi connectivity index (χ2n) is 2.98. The summed E-state index contributed by atoms with van der Waals surface area (Å²) in [5.41, 5.74) is 6.10. The molecule has 3 N–H and O–H groups in total. The molecule has 1 aromatic heterocycles. The Morgan fingerprint density at radius 3 is 2.86 bits per heavy atom. The first-order chi connectivity index (χ1) is 6.70. The maximum atomic E-state index is 11.1. The van der Waals surface area contributed by atoms with Crippen LogP contribution < -0.4 is 11.4 Å². The molecule has 0 aliphatic heterocycles. The van der Waals surface area contributed by atoms with Crippen molar-refractivity contribution in [2.75, 3.05) is 0 Å². The van der Waals surface area contributed by atoms with Gasteiger partial charge in [0.15, 0.2) is 0 Å². The Bertz CT molecular complexity index is 530. The zero-order chi connectivity index (χ0) is 10.1. The summed E-state index contributed by atoms with van der Waals surface area (Å²) in [6.07, 6.45) is 0. The van der Waals surface area contributed by atoms with Crippen molar-refractivity contribution < 1.29 is 9.52 Å². The third kappa shape index (κ3) is 1.36. The van der Waals surface area contributed by atoms with Crippen molar-refractivity contribution >= 4 is 11.0 Å². The van der Waals surface area contributed by atoms with E-state index in [0.29, 0.717) is 5.58 Å². The van der Waals surface area contributed by atoms with E-state index in [2.05, 4.69) is 0 Å². The van der Waals surface area contributed by atoms with Gasteiger partial charge < -0.3 is 15.3 Å². The molecule has 2 aromatic rings. The fourth-order valence-corrected chi connectivity index (χ4v) is 1.39. The molecule has 0 fully saturated rings. The Morgan fingerprint density at radius 1 is 1.36 bits per heavy atom. The Morgan fingerprint density at radius 2 is 2.14 bits per heavy atom. The molecule has 0 saturated heterocycles. The first-order valence-corrected chi connectivity index (χ1v) is 4.16. The molecule has 2 rings (SSSR count). The molecule has 0 aliphatic carbocycles. The molecule has 0 radical (unpaired) electrons. The molecule has 0 unspecified atom stereocenters. The zero-order valence-electron chi connectivity index (χ0n) is 7.36. The van der Waals surface area contributed by atoms with Gasteiger partial charge in [-0.15, -0.1) is 0 Å². The lowest BCUT2D eigenvalue weighted by molar-refractivity contribution is 0.473. The number of benzene rings is 1. The normalized spacial score (nSPS) is 10.6. The van der Waals surface area contributed by atoms with Crippen LogP contribution >= 0.6 is 0 Å². The van der Waals surface area contributed by atoms with E-state index < -0.39 is 5.63 Å². The van der Waals surface area contributed by atoms with Gasteiger partial charge in [0.25, 0.3) is 0 Å². The summed E-state index contributed by atoms with van der Waals surface area (Å²) in [5.74, 6) is 0.0646. The highest BCUT2D eigenvalue weighted by atomic mass is 16.4. The van der Waals surface area contributed by atoms with Crippen LogP contribution in [0, 0.1) is 0 Å². The van der Waals surface area contributed by atoms with E-state index >= 15 is 0 Å². The SMILES string of the molecule is NCc1cc(=O)oc2cc(O)ccc12. The van der Waals surface area contributed by atoms with Gasteiger partial charge in [-0.2, -0.15) is 0 Å². The van der Waals surface area contributed by atoms with Crippen molar-refractivity contribution in [3.8, 4) is 5.75 Å². The molecule has 14 heavy (non-hydrogen) atoms. The predicted molar refractivity (Wildman–Crippen MR) is 52.0 cm³/mol. The van der Waals surface area contributed by atoms with Crippen LogP contribution in [0.4, 0.5) is 0 Å². The molecular weight excluding hydrogens is 182 g/mol. The van der Waals surface area contributed by atoms with Gasteiger partial charge in [-0.1, -0.05) is 0 Å². The molecule has 0 saturated carbocycles. The highest BCUT2D eigenvalue weighted by Gasteiger charge is 2.04.